The van der Waals surface area contributed by atoms with Gasteiger partial charge in [0.2, 0.25) is 0 Å². The predicted molar refractivity (Wildman–Crippen MR) is 99.2 cm³/mol. The van der Waals surface area contributed by atoms with Crippen LogP contribution in [0.1, 0.15) is 29.2 Å². The zero-order valence-electron chi connectivity index (χ0n) is 15.1. The van der Waals surface area contributed by atoms with Crippen LogP contribution in [-0.2, 0) is 14.3 Å². The summed E-state index contributed by atoms with van der Waals surface area (Å²) in [5.74, 6) is -0.712. The molecule has 3 rings (SSSR count). The molecule has 1 saturated heterocycles. The van der Waals surface area contributed by atoms with E-state index in [9.17, 15) is 9.59 Å². The number of carbonyl (C=O) groups is 2. The lowest BCUT2D eigenvalue weighted by atomic mass is 10.2. The molecule has 1 fully saturated rings. The number of hydrogen-bond donors (Lipinski definition) is 0. The van der Waals surface area contributed by atoms with Crippen LogP contribution in [0.25, 0.3) is 10.6 Å². The van der Waals surface area contributed by atoms with Crippen molar-refractivity contribution in [1.82, 2.24) is 9.88 Å². The second-order valence-corrected chi connectivity index (χ2v) is 7.43. The van der Waals surface area contributed by atoms with E-state index in [2.05, 4.69) is 4.98 Å². The van der Waals surface area contributed by atoms with E-state index in [4.69, 9.17) is 9.47 Å². The highest BCUT2D eigenvalue weighted by Gasteiger charge is 2.27. The largest absolute Gasteiger partial charge is 0.451 e. The third-order valence-electron chi connectivity index (χ3n) is 4.10. The number of carbonyl (C=O) groups excluding carboxylic acids is 2. The number of aryl methyl sites for hydroxylation is 1. The average Bonchev–Trinajstić information content (AvgIpc) is 3.01. The summed E-state index contributed by atoms with van der Waals surface area (Å²) in [7, 11) is 0. The van der Waals surface area contributed by atoms with Gasteiger partial charge in [0, 0.05) is 18.7 Å². The van der Waals surface area contributed by atoms with Crippen molar-refractivity contribution in [2.45, 2.75) is 33.0 Å². The second kappa shape index (κ2) is 7.97. The van der Waals surface area contributed by atoms with E-state index in [-0.39, 0.29) is 24.7 Å². The summed E-state index contributed by atoms with van der Waals surface area (Å²) in [6, 6.07) is 9.66. The lowest BCUT2D eigenvalue weighted by molar-refractivity contribution is -0.146. The van der Waals surface area contributed by atoms with Gasteiger partial charge in [-0.05, 0) is 20.8 Å². The van der Waals surface area contributed by atoms with Crippen LogP contribution >= 0.6 is 11.3 Å². The molecule has 1 aromatic heterocycles. The minimum atomic E-state index is -0.509. The van der Waals surface area contributed by atoms with Crippen molar-refractivity contribution >= 4 is 23.2 Å². The van der Waals surface area contributed by atoms with Gasteiger partial charge < -0.3 is 14.4 Å². The molecule has 7 heteroatoms. The molecule has 138 valence electrons. The first kappa shape index (κ1) is 18.5. The van der Waals surface area contributed by atoms with Crippen LogP contribution < -0.4 is 0 Å². The van der Waals surface area contributed by atoms with E-state index in [1.54, 1.807) is 11.8 Å². The average molecular weight is 374 g/mol. The molecule has 1 aliphatic rings. The summed E-state index contributed by atoms with van der Waals surface area (Å²) in [5.41, 5.74) is 1.56. The molecule has 2 unspecified atom stereocenters. The number of nitrogens with zero attached hydrogens (tertiary/aromatic N) is 2. The minimum Gasteiger partial charge on any atom is -0.451 e. The molecule has 0 radical (unpaired) electrons. The van der Waals surface area contributed by atoms with Crippen LogP contribution in [0.2, 0.25) is 0 Å². The number of morpholine rings is 1. The highest BCUT2D eigenvalue weighted by atomic mass is 32.1. The Morgan fingerprint density at radius 2 is 1.88 bits per heavy atom. The number of ether oxygens (including phenoxy) is 2. The number of aromatic nitrogens is 1. The fraction of sp³-hybridized carbons (Fsp3) is 0.421. The summed E-state index contributed by atoms with van der Waals surface area (Å²) in [4.78, 5) is 31.3. The SMILES string of the molecule is Cc1nc(-c2ccccc2)sc1C(=O)OCC(=O)N1CC(C)OC(C)C1. The molecule has 0 saturated carbocycles. The second-order valence-electron chi connectivity index (χ2n) is 6.43. The van der Waals surface area contributed by atoms with Gasteiger partial charge in [0.15, 0.2) is 6.61 Å². The van der Waals surface area contributed by atoms with Gasteiger partial charge in [-0.1, -0.05) is 30.3 Å². The fourth-order valence-electron chi connectivity index (χ4n) is 2.96. The third-order valence-corrected chi connectivity index (χ3v) is 5.29. The molecule has 26 heavy (non-hydrogen) atoms. The minimum absolute atomic E-state index is 0.0180. The Morgan fingerprint density at radius 3 is 2.54 bits per heavy atom. The van der Waals surface area contributed by atoms with E-state index in [0.29, 0.717) is 23.7 Å². The molecule has 2 aromatic rings. The number of esters is 1. The van der Waals surface area contributed by atoms with Gasteiger partial charge >= 0.3 is 5.97 Å². The van der Waals surface area contributed by atoms with Crippen molar-refractivity contribution in [1.29, 1.82) is 0 Å². The Bertz CT molecular complexity index is 780. The molecule has 2 atom stereocenters. The summed E-state index contributed by atoms with van der Waals surface area (Å²) < 4.78 is 10.9. The van der Waals surface area contributed by atoms with Gasteiger partial charge in [-0.15, -0.1) is 11.3 Å². The van der Waals surface area contributed by atoms with Crippen LogP contribution in [0, 0.1) is 6.92 Å². The van der Waals surface area contributed by atoms with E-state index < -0.39 is 5.97 Å². The molecule has 1 aromatic carbocycles. The number of hydrogen-bond acceptors (Lipinski definition) is 6. The first-order valence-corrected chi connectivity index (χ1v) is 9.39. The Labute approximate surface area is 156 Å². The topological polar surface area (TPSA) is 68.7 Å². The van der Waals surface area contributed by atoms with Crippen molar-refractivity contribution in [2.75, 3.05) is 19.7 Å². The molecule has 6 nitrogen and oxygen atoms in total. The van der Waals surface area contributed by atoms with Crippen LogP contribution in [-0.4, -0.2) is 53.7 Å². The standard InChI is InChI=1S/C19H22N2O4S/c1-12-9-21(10-13(2)25-12)16(22)11-24-19(23)17-14(3)20-18(26-17)15-7-5-4-6-8-15/h4-8,12-13H,9-11H2,1-3H3. The van der Waals surface area contributed by atoms with E-state index in [1.165, 1.54) is 11.3 Å². The third kappa shape index (κ3) is 4.28. The Morgan fingerprint density at radius 1 is 1.23 bits per heavy atom. The number of amides is 1. The van der Waals surface area contributed by atoms with Gasteiger partial charge in [0.25, 0.3) is 5.91 Å². The first-order chi connectivity index (χ1) is 12.4. The molecule has 0 bridgehead atoms. The Balaban J connectivity index is 1.62. The molecule has 0 aliphatic carbocycles. The zero-order chi connectivity index (χ0) is 18.7. The summed E-state index contributed by atoms with van der Waals surface area (Å²) in [5, 5.41) is 0.761. The van der Waals surface area contributed by atoms with Gasteiger partial charge in [0.05, 0.1) is 17.9 Å². The maximum atomic E-state index is 12.4. The quantitative estimate of drug-likeness (QED) is 0.770. The van der Waals surface area contributed by atoms with Crippen molar-refractivity contribution in [3.05, 3.63) is 40.9 Å². The normalized spacial score (nSPS) is 20.0. The monoisotopic (exact) mass is 374 g/mol. The Hall–Kier alpha value is -2.25. The van der Waals surface area contributed by atoms with Gasteiger partial charge in [-0.25, -0.2) is 9.78 Å². The number of rotatable bonds is 4. The van der Waals surface area contributed by atoms with Crippen LogP contribution in [0.4, 0.5) is 0 Å². The van der Waals surface area contributed by atoms with Crippen molar-refractivity contribution in [3.8, 4) is 10.6 Å². The fourth-order valence-corrected chi connectivity index (χ4v) is 3.92. The van der Waals surface area contributed by atoms with Crippen LogP contribution in [0.3, 0.4) is 0 Å². The van der Waals surface area contributed by atoms with Gasteiger partial charge in [-0.2, -0.15) is 0 Å². The predicted octanol–water partition coefficient (Wildman–Crippen LogP) is 2.91. The molecule has 1 amide bonds. The van der Waals surface area contributed by atoms with Crippen molar-refractivity contribution in [2.24, 2.45) is 0 Å². The molecule has 0 spiro atoms. The molecule has 2 heterocycles. The van der Waals surface area contributed by atoms with E-state index in [0.717, 1.165) is 10.6 Å². The highest BCUT2D eigenvalue weighted by molar-refractivity contribution is 7.17. The Kier molecular flexibility index (Phi) is 5.68. The molecular weight excluding hydrogens is 352 g/mol. The smallest absolute Gasteiger partial charge is 0.350 e. The van der Waals surface area contributed by atoms with Crippen molar-refractivity contribution < 1.29 is 19.1 Å². The molecule has 0 N–H and O–H groups in total. The summed E-state index contributed by atoms with van der Waals surface area (Å²) >= 11 is 1.28. The van der Waals surface area contributed by atoms with Crippen LogP contribution in [0.15, 0.2) is 30.3 Å². The summed E-state index contributed by atoms with van der Waals surface area (Å²) in [6.45, 7) is 6.38. The van der Waals surface area contributed by atoms with Gasteiger partial charge in [0.1, 0.15) is 9.88 Å². The molecule has 1 aliphatic heterocycles. The maximum Gasteiger partial charge on any atom is 0.350 e. The van der Waals surface area contributed by atoms with Crippen molar-refractivity contribution in [3.63, 3.8) is 0 Å². The zero-order valence-corrected chi connectivity index (χ0v) is 15.9. The summed E-state index contributed by atoms with van der Waals surface area (Å²) in [6.07, 6.45) is -0.0360. The number of benzene rings is 1. The van der Waals surface area contributed by atoms with Gasteiger partial charge in [-0.3, -0.25) is 4.79 Å². The van der Waals surface area contributed by atoms with E-state index in [1.807, 2.05) is 44.2 Å². The lowest BCUT2D eigenvalue weighted by Gasteiger charge is -2.35. The first-order valence-electron chi connectivity index (χ1n) is 8.57. The number of thiazole rings is 1. The van der Waals surface area contributed by atoms with E-state index >= 15 is 0 Å². The lowest BCUT2D eigenvalue weighted by Crippen LogP contribution is -2.49. The maximum absolute atomic E-state index is 12.4. The highest BCUT2D eigenvalue weighted by Crippen LogP contribution is 2.28. The van der Waals surface area contributed by atoms with Crippen LogP contribution in [0.5, 0.6) is 0 Å². The molecular formula is C19H22N2O4S.